The molecule has 134 valence electrons. The molecule has 0 atom stereocenters. The lowest BCUT2D eigenvalue weighted by Gasteiger charge is -2.09. The van der Waals surface area contributed by atoms with Crippen LogP contribution in [0.2, 0.25) is 0 Å². The largest absolute Gasteiger partial charge is 0.491 e. The second-order valence-electron chi connectivity index (χ2n) is 6.37. The number of pyridine rings is 1. The summed E-state index contributed by atoms with van der Waals surface area (Å²) < 4.78 is 5.83. The van der Waals surface area contributed by atoms with Gasteiger partial charge in [-0.05, 0) is 37.5 Å². The Labute approximate surface area is 154 Å². The van der Waals surface area contributed by atoms with Crippen molar-refractivity contribution in [3.05, 3.63) is 71.9 Å². The molecular formula is C22H24N2O2. The van der Waals surface area contributed by atoms with Crippen molar-refractivity contribution in [1.82, 2.24) is 10.3 Å². The Hall–Kier alpha value is -2.88. The molecule has 1 amide bonds. The van der Waals surface area contributed by atoms with Gasteiger partial charge in [0, 0.05) is 24.5 Å². The molecule has 26 heavy (non-hydrogen) atoms. The first-order valence-corrected chi connectivity index (χ1v) is 9.01. The van der Waals surface area contributed by atoms with E-state index in [-0.39, 0.29) is 5.91 Å². The summed E-state index contributed by atoms with van der Waals surface area (Å²) in [6.07, 6.45) is 3.81. The maximum absolute atomic E-state index is 11.9. The number of benzene rings is 2. The van der Waals surface area contributed by atoms with Crippen molar-refractivity contribution in [1.29, 1.82) is 0 Å². The van der Waals surface area contributed by atoms with Crippen molar-refractivity contribution >= 4 is 16.8 Å². The number of carbonyl (C=O) groups excluding carboxylic acids is 1. The highest BCUT2D eigenvalue weighted by Gasteiger charge is 2.04. The van der Waals surface area contributed by atoms with Gasteiger partial charge in [0.15, 0.2) is 0 Å². The monoisotopic (exact) mass is 348 g/mol. The van der Waals surface area contributed by atoms with Crippen LogP contribution in [0.3, 0.4) is 0 Å². The second kappa shape index (κ2) is 8.99. The maximum Gasteiger partial charge on any atom is 0.220 e. The molecule has 1 N–H and O–H groups in total. The molecule has 0 saturated carbocycles. The number of nitrogens with one attached hydrogen (secondary N) is 1. The van der Waals surface area contributed by atoms with Crippen LogP contribution in [0.4, 0.5) is 0 Å². The van der Waals surface area contributed by atoms with Crippen molar-refractivity contribution in [3.8, 4) is 5.75 Å². The number of hydrogen-bond donors (Lipinski definition) is 1. The summed E-state index contributed by atoms with van der Waals surface area (Å²) in [5.41, 5.74) is 3.30. The predicted molar refractivity (Wildman–Crippen MR) is 104 cm³/mol. The molecule has 2 aromatic carbocycles. The van der Waals surface area contributed by atoms with E-state index in [1.165, 1.54) is 11.1 Å². The zero-order chi connectivity index (χ0) is 18.2. The number of carbonyl (C=O) groups is 1. The number of rotatable bonds is 8. The highest BCUT2D eigenvalue weighted by molar-refractivity contribution is 5.84. The van der Waals surface area contributed by atoms with Gasteiger partial charge in [-0.2, -0.15) is 0 Å². The van der Waals surface area contributed by atoms with Crippen LogP contribution >= 0.6 is 0 Å². The summed E-state index contributed by atoms with van der Waals surface area (Å²) in [4.78, 5) is 16.3. The van der Waals surface area contributed by atoms with Crippen LogP contribution in [-0.2, 0) is 11.2 Å². The van der Waals surface area contributed by atoms with Gasteiger partial charge in [-0.25, -0.2) is 0 Å². The lowest BCUT2D eigenvalue weighted by Crippen LogP contribution is -2.25. The Morgan fingerprint density at radius 3 is 2.73 bits per heavy atom. The van der Waals surface area contributed by atoms with Crippen LogP contribution in [0.1, 0.15) is 24.0 Å². The number of nitrogens with zero attached hydrogens (tertiary/aromatic N) is 1. The van der Waals surface area contributed by atoms with Crippen LogP contribution in [0.25, 0.3) is 10.9 Å². The van der Waals surface area contributed by atoms with Crippen molar-refractivity contribution in [2.75, 3.05) is 13.2 Å². The molecular weight excluding hydrogens is 324 g/mol. The van der Waals surface area contributed by atoms with Gasteiger partial charge in [-0.15, -0.1) is 0 Å². The molecule has 0 bridgehead atoms. The summed E-state index contributed by atoms with van der Waals surface area (Å²) in [7, 11) is 0. The highest BCUT2D eigenvalue weighted by atomic mass is 16.5. The molecule has 1 aromatic heterocycles. The van der Waals surface area contributed by atoms with E-state index >= 15 is 0 Å². The molecule has 0 saturated heterocycles. The van der Waals surface area contributed by atoms with Gasteiger partial charge < -0.3 is 10.1 Å². The molecule has 4 heteroatoms. The van der Waals surface area contributed by atoms with E-state index in [9.17, 15) is 4.79 Å². The third-order valence-corrected chi connectivity index (χ3v) is 4.26. The van der Waals surface area contributed by atoms with Crippen LogP contribution < -0.4 is 10.1 Å². The summed E-state index contributed by atoms with van der Waals surface area (Å²) >= 11 is 0. The fourth-order valence-electron chi connectivity index (χ4n) is 2.78. The quantitative estimate of drug-likeness (QED) is 0.625. The van der Waals surface area contributed by atoms with Crippen LogP contribution in [-0.4, -0.2) is 24.0 Å². The molecule has 0 aliphatic heterocycles. The SMILES string of the molecule is Cc1ccc(CCC(=O)NCCCOc2cccc3cccnc23)cc1. The third-order valence-electron chi connectivity index (χ3n) is 4.26. The van der Waals surface area contributed by atoms with Gasteiger partial charge in [-0.1, -0.05) is 48.0 Å². The number of aromatic nitrogens is 1. The Bertz CT molecular complexity index is 854. The lowest BCUT2D eigenvalue weighted by atomic mass is 10.1. The van der Waals surface area contributed by atoms with E-state index in [1.54, 1.807) is 6.20 Å². The van der Waals surface area contributed by atoms with Crippen LogP contribution in [0.5, 0.6) is 5.75 Å². The second-order valence-corrected chi connectivity index (χ2v) is 6.37. The predicted octanol–water partition coefficient (Wildman–Crippen LogP) is 4.06. The summed E-state index contributed by atoms with van der Waals surface area (Å²) in [5.74, 6) is 0.867. The first-order chi connectivity index (χ1) is 12.7. The van der Waals surface area contributed by atoms with Crippen LogP contribution in [0.15, 0.2) is 60.8 Å². The van der Waals surface area contributed by atoms with Gasteiger partial charge in [0.1, 0.15) is 11.3 Å². The van der Waals surface area contributed by atoms with Gasteiger partial charge in [0.2, 0.25) is 5.91 Å². The summed E-state index contributed by atoms with van der Waals surface area (Å²) in [6, 6.07) is 18.1. The Balaban J connectivity index is 1.36. The van der Waals surface area contributed by atoms with Gasteiger partial charge >= 0.3 is 0 Å². The molecule has 0 spiro atoms. The number of para-hydroxylation sites is 1. The van der Waals surface area contributed by atoms with E-state index in [0.717, 1.165) is 29.5 Å². The molecule has 0 fully saturated rings. The molecule has 1 heterocycles. The van der Waals surface area contributed by atoms with Crippen molar-refractivity contribution in [3.63, 3.8) is 0 Å². The minimum Gasteiger partial charge on any atom is -0.491 e. The summed E-state index contributed by atoms with van der Waals surface area (Å²) in [5, 5.41) is 4.02. The zero-order valence-corrected chi connectivity index (χ0v) is 15.1. The van der Waals surface area contributed by atoms with Crippen molar-refractivity contribution in [2.24, 2.45) is 0 Å². The standard InChI is InChI=1S/C22H24N2O2/c1-17-8-10-18(11-9-17)12-13-21(25)23-15-4-16-26-20-7-2-5-19-6-3-14-24-22(19)20/h2-3,5-11,14H,4,12-13,15-16H2,1H3,(H,23,25). The molecule has 4 nitrogen and oxygen atoms in total. The van der Waals surface area contributed by atoms with Crippen LogP contribution in [0, 0.1) is 6.92 Å². The summed E-state index contributed by atoms with van der Waals surface area (Å²) in [6.45, 7) is 3.23. The smallest absolute Gasteiger partial charge is 0.220 e. The molecule has 0 aliphatic rings. The fraction of sp³-hybridized carbons (Fsp3) is 0.273. The normalized spacial score (nSPS) is 10.7. The topological polar surface area (TPSA) is 51.2 Å². The van der Waals surface area contributed by atoms with Crippen molar-refractivity contribution in [2.45, 2.75) is 26.2 Å². The molecule has 0 unspecified atom stereocenters. The number of aryl methyl sites for hydroxylation is 2. The van der Waals surface area contributed by atoms with E-state index < -0.39 is 0 Å². The first-order valence-electron chi connectivity index (χ1n) is 9.01. The maximum atomic E-state index is 11.9. The number of hydrogen-bond acceptors (Lipinski definition) is 3. The molecule has 3 aromatic rings. The third kappa shape index (κ3) is 5.06. The van der Waals surface area contributed by atoms with Gasteiger partial charge in [0.05, 0.1) is 6.61 Å². The number of fused-ring (bicyclic) bond motifs is 1. The van der Waals surface area contributed by atoms with E-state index in [4.69, 9.17) is 4.74 Å². The minimum atomic E-state index is 0.0809. The molecule has 0 radical (unpaired) electrons. The fourth-order valence-corrected chi connectivity index (χ4v) is 2.78. The Kier molecular flexibility index (Phi) is 6.20. The Morgan fingerprint density at radius 2 is 1.88 bits per heavy atom. The zero-order valence-electron chi connectivity index (χ0n) is 15.1. The van der Waals surface area contributed by atoms with Crippen molar-refractivity contribution < 1.29 is 9.53 Å². The average Bonchev–Trinajstić information content (AvgIpc) is 2.67. The molecule has 0 aliphatic carbocycles. The van der Waals surface area contributed by atoms with E-state index in [2.05, 4.69) is 41.5 Å². The van der Waals surface area contributed by atoms with Gasteiger partial charge in [0.25, 0.3) is 0 Å². The highest BCUT2D eigenvalue weighted by Crippen LogP contribution is 2.22. The number of ether oxygens (including phenoxy) is 1. The van der Waals surface area contributed by atoms with E-state index in [1.807, 2.05) is 30.3 Å². The molecule has 3 rings (SSSR count). The first kappa shape index (κ1) is 17.9. The lowest BCUT2D eigenvalue weighted by molar-refractivity contribution is -0.121. The minimum absolute atomic E-state index is 0.0809. The van der Waals surface area contributed by atoms with Gasteiger partial charge in [-0.3, -0.25) is 9.78 Å². The Morgan fingerprint density at radius 1 is 1.08 bits per heavy atom. The van der Waals surface area contributed by atoms with E-state index in [0.29, 0.717) is 19.6 Å². The average molecular weight is 348 g/mol. The number of amides is 1.